The largest absolute Gasteiger partial charge is 0.400 e. The summed E-state index contributed by atoms with van der Waals surface area (Å²) in [5.41, 5.74) is 0. The van der Waals surface area contributed by atoms with Gasteiger partial charge in [0.1, 0.15) is 12.0 Å². The van der Waals surface area contributed by atoms with Crippen molar-refractivity contribution in [3.8, 4) is 0 Å². The third-order valence-corrected chi connectivity index (χ3v) is 4.30. The lowest BCUT2D eigenvalue weighted by Gasteiger charge is -2.32. The Morgan fingerprint density at radius 1 is 1.26 bits per heavy atom. The number of imide groups is 1. The summed E-state index contributed by atoms with van der Waals surface area (Å²) >= 11 is 0. The highest BCUT2D eigenvalue weighted by Crippen LogP contribution is 2.37. The molecule has 5 unspecified atom stereocenters. The molecule has 0 bridgehead atoms. The second-order valence-electron chi connectivity index (χ2n) is 6.07. The Kier molecular flexibility index (Phi) is 6.97. The lowest BCUT2D eigenvalue weighted by atomic mass is 9.78. The van der Waals surface area contributed by atoms with E-state index in [2.05, 4.69) is 0 Å². The van der Waals surface area contributed by atoms with Gasteiger partial charge in [-0.1, -0.05) is 6.92 Å². The summed E-state index contributed by atoms with van der Waals surface area (Å²) in [7, 11) is 0. The van der Waals surface area contributed by atoms with E-state index in [-0.39, 0.29) is 19.3 Å². The maximum absolute atomic E-state index is 13.0. The molecule has 0 aliphatic carbocycles. The zero-order valence-electron chi connectivity index (χ0n) is 12.7. The van der Waals surface area contributed by atoms with Crippen molar-refractivity contribution in [2.75, 3.05) is 6.61 Å². The van der Waals surface area contributed by atoms with Crippen LogP contribution in [-0.2, 0) is 9.59 Å². The first-order valence-corrected chi connectivity index (χ1v) is 7.43. The number of carbonyl (C=O) groups is 2. The number of halogens is 3. The zero-order valence-corrected chi connectivity index (χ0v) is 12.7. The molecule has 0 aromatic rings. The molecular weight excluding hydrogens is 319 g/mol. The SMILES string of the molecule is CC(CC(O)C(O)CO)C1CCC(=O)NC(=O)C(C(F)(F)F)C1. The number of carbonyl (C=O) groups excluding carboxylic acids is 2. The number of aliphatic hydroxyl groups is 3. The smallest absolute Gasteiger partial charge is 0.394 e. The third-order valence-electron chi connectivity index (χ3n) is 4.30. The van der Waals surface area contributed by atoms with E-state index in [0.29, 0.717) is 0 Å². The highest BCUT2D eigenvalue weighted by Gasteiger charge is 2.47. The molecule has 9 heteroatoms. The molecule has 23 heavy (non-hydrogen) atoms. The van der Waals surface area contributed by atoms with Gasteiger partial charge in [-0.3, -0.25) is 14.9 Å². The standard InChI is InChI=1S/C14H22F3NO5/c1-7(4-10(20)11(21)6-19)8-2-3-12(22)18-13(23)9(5-8)14(15,16)17/h7-11,19-21H,2-6H2,1H3,(H,18,22,23). The van der Waals surface area contributed by atoms with Crippen LogP contribution in [0.5, 0.6) is 0 Å². The summed E-state index contributed by atoms with van der Waals surface area (Å²) in [6.45, 7) is 0.931. The summed E-state index contributed by atoms with van der Waals surface area (Å²) in [6, 6.07) is 0. The van der Waals surface area contributed by atoms with Gasteiger partial charge in [0.05, 0.1) is 12.7 Å². The molecule has 1 heterocycles. The molecule has 1 saturated heterocycles. The Bertz CT molecular complexity index is 429. The van der Waals surface area contributed by atoms with Gasteiger partial charge < -0.3 is 15.3 Å². The fraction of sp³-hybridized carbons (Fsp3) is 0.857. The third kappa shape index (κ3) is 5.74. The maximum Gasteiger partial charge on any atom is 0.400 e. The predicted molar refractivity (Wildman–Crippen MR) is 72.9 cm³/mol. The van der Waals surface area contributed by atoms with Crippen molar-refractivity contribution in [2.45, 2.75) is 51.0 Å². The van der Waals surface area contributed by atoms with E-state index in [0.717, 1.165) is 0 Å². The molecule has 0 saturated carbocycles. The normalized spacial score (nSPS) is 27.6. The molecule has 1 rings (SSSR count). The fourth-order valence-corrected chi connectivity index (χ4v) is 2.78. The average Bonchev–Trinajstić information content (AvgIpc) is 2.42. The van der Waals surface area contributed by atoms with Crippen LogP contribution in [0.4, 0.5) is 13.2 Å². The fourth-order valence-electron chi connectivity index (χ4n) is 2.78. The summed E-state index contributed by atoms with van der Waals surface area (Å²) in [5.74, 6) is -5.46. The van der Waals surface area contributed by atoms with Crippen molar-refractivity contribution in [1.29, 1.82) is 0 Å². The number of rotatable bonds is 5. The molecule has 0 aromatic heterocycles. The molecule has 2 amide bonds. The van der Waals surface area contributed by atoms with Gasteiger partial charge in [-0.15, -0.1) is 0 Å². The minimum absolute atomic E-state index is 0.0349. The minimum atomic E-state index is -4.76. The Balaban J connectivity index is 2.85. The van der Waals surface area contributed by atoms with Crippen LogP contribution in [0.1, 0.15) is 32.6 Å². The number of hydrogen-bond donors (Lipinski definition) is 4. The van der Waals surface area contributed by atoms with Crippen LogP contribution in [0, 0.1) is 17.8 Å². The van der Waals surface area contributed by atoms with Gasteiger partial charge in [0.25, 0.3) is 0 Å². The Morgan fingerprint density at radius 3 is 2.39 bits per heavy atom. The van der Waals surface area contributed by atoms with E-state index < -0.39 is 61.0 Å². The van der Waals surface area contributed by atoms with Crippen LogP contribution in [0.2, 0.25) is 0 Å². The number of aliphatic hydroxyl groups excluding tert-OH is 3. The first kappa shape index (κ1) is 19.9. The number of hydrogen-bond acceptors (Lipinski definition) is 5. The average molecular weight is 341 g/mol. The Hall–Kier alpha value is -1.19. The topological polar surface area (TPSA) is 107 Å². The highest BCUT2D eigenvalue weighted by atomic mass is 19.4. The number of amides is 2. The van der Waals surface area contributed by atoms with Gasteiger partial charge in [-0.2, -0.15) is 13.2 Å². The molecule has 0 aromatic carbocycles. The molecule has 5 atom stereocenters. The molecular formula is C14H22F3NO5. The molecule has 1 fully saturated rings. The summed E-state index contributed by atoms with van der Waals surface area (Å²) < 4.78 is 39.1. The van der Waals surface area contributed by atoms with E-state index >= 15 is 0 Å². The van der Waals surface area contributed by atoms with Crippen molar-refractivity contribution in [1.82, 2.24) is 5.32 Å². The second kappa shape index (κ2) is 8.07. The summed E-state index contributed by atoms with van der Waals surface area (Å²) in [6.07, 6.45) is -7.87. The van der Waals surface area contributed by atoms with E-state index in [1.54, 1.807) is 12.2 Å². The second-order valence-corrected chi connectivity index (χ2v) is 6.07. The van der Waals surface area contributed by atoms with Crippen LogP contribution in [-0.4, -0.2) is 52.1 Å². The van der Waals surface area contributed by atoms with Crippen molar-refractivity contribution < 1.29 is 38.1 Å². The van der Waals surface area contributed by atoms with E-state index in [4.69, 9.17) is 5.11 Å². The first-order chi connectivity index (χ1) is 10.6. The predicted octanol–water partition coefficient (Wildman–Crippen LogP) is 0.348. The van der Waals surface area contributed by atoms with Crippen molar-refractivity contribution in [3.05, 3.63) is 0 Å². The summed E-state index contributed by atoms with van der Waals surface area (Å²) in [4.78, 5) is 23.0. The van der Waals surface area contributed by atoms with Crippen molar-refractivity contribution >= 4 is 11.8 Å². The van der Waals surface area contributed by atoms with Crippen LogP contribution in [0.25, 0.3) is 0 Å². The zero-order chi connectivity index (χ0) is 17.8. The molecule has 134 valence electrons. The number of nitrogens with one attached hydrogen (secondary N) is 1. The van der Waals surface area contributed by atoms with E-state index in [9.17, 15) is 33.0 Å². The molecule has 1 aliphatic rings. The number of alkyl halides is 3. The molecule has 0 radical (unpaired) electrons. The first-order valence-electron chi connectivity index (χ1n) is 7.43. The molecule has 4 N–H and O–H groups in total. The quantitative estimate of drug-likeness (QED) is 0.540. The Morgan fingerprint density at radius 2 is 1.87 bits per heavy atom. The summed E-state index contributed by atoms with van der Waals surface area (Å²) in [5, 5.41) is 29.6. The van der Waals surface area contributed by atoms with Crippen molar-refractivity contribution in [2.24, 2.45) is 17.8 Å². The minimum Gasteiger partial charge on any atom is -0.394 e. The maximum atomic E-state index is 13.0. The highest BCUT2D eigenvalue weighted by molar-refractivity contribution is 5.96. The van der Waals surface area contributed by atoms with E-state index in [1.807, 2.05) is 0 Å². The van der Waals surface area contributed by atoms with Gasteiger partial charge in [-0.25, -0.2) is 0 Å². The van der Waals surface area contributed by atoms with Gasteiger partial charge in [-0.05, 0) is 31.1 Å². The van der Waals surface area contributed by atoms with E-state index in [1.165, 1.54) is 0 Å². The molecule has 6 nitrogen and oxygen atoms in total. The Labute approximate surface area is 131 Å². The van der Waals surface area contributed by atoms with Crippen LogP contribution < -0.4 is 5.32 Å². The van der Waals surface area contributed by atoms with Crippen LogP contribution >= 0.6 is 0 Å². The van der Waals surface area contributed by atoms with Crippen molar-refractivity contribution in [3.63, 3.8) is 0 Å². The molecule has 1 aliphatic heterocycles. The molecule has 0 spiro atoms. The van der Waals surface area contributed by atoms with Crippen LogP contribution in [0.15, 0.2) is 0 Å². The lowest BCUT2D eigenvalue weighted by Crippen LogP contribution is -2.45. The van der Waals surface area contributed by atoms with Crippen LogP contribution in [0.3, 0.4) is 0 Å². The van der Waals surface area contributed by atoms with Gasteiger partial charge >= 0.3 is 6.18 Å². The monoisotopic (exact) mass is 341 g/mol. The van der Waals surface area contributed by atoms with Gasteiger partial charge in [0.2, 0.25) is 11.8 Å². The lowest BCUT2D eigenvalue weighted by molar-refractivity contribution is -0.188. The van der Waals surface area contributed by atoms with Gasteiger partial charge in [0, 0.05) is 6.42 Å². The van der Waals surface area contributed by atoms with Gasteiger partial charge in [0.15, 0.2) is 0 Å².